The Labute approximate surface area is 122 Å². The summed E-state index contributed by atoms with van der Waals surface area (Å²) in [7, 11) is 0. The highest BCUT2D eigenvalue weighted by Crippen LogP contribution is 2.28. The SMILES string of the molecule is CCC(c1ccccc1)n1cnc2cccc(C(=O)O)c21. The first kappa shape index (κ1) is 13.4. The van der Waals surface area contributed by atoms with Gasteiger partial charge in [-0.25, -0.2) is 9.78 Å². The number of hydrogen-bond donors (Lipinski definition) is 1. The molecule has 0 spiro atoms. The molecular weight excluding hydrogens is 264 g/mol. The lowest BCUT2D eigenvalue weighted by molar-refractivity contribution is 0.0698. The van der Waals surface area contributed by atoms with Crippen LogP contribution < -0.4 is 0 Å². The lowest BCUT2D eigenvalue weighted by Gasteiger charge is -2.19. The molecule has 3 aromatic rings. The molecule has 1 N–H and O–H groups in total. The van der Waals surface area contributed by atoms with E-state index in [4.69, 9.17) is 0 Å². The number of carboxylic acid groups (broad SMARTS) is 1. The van der Waals surface area contributed by atoms with Gasteiger partial charge in [-0.3, -0.25) is 0 Å². The van der Waals surface area contributed by atoms with E-state index in [0.29, 0.717) is 16.6 Å². The number of imidazole rings is 1. The summed E-state index contributed by atoms with van der Waals surface area (Å²) >= 11 is 0. The number of aromatic nitrogens is 2. The second kappa shape index (κ2) is 5.40. The van der Waals surface area contributed by atoms with Crippen molar-refractivity contribution >= 4 is 17.0 Å². The number of nitrogens with zero attached hydrogens (tertiary/aromatic N) is 2. The molecule has 1 unspecified atom stereocenters. The number of hydrogen-bond acceptors (Lipinski definition) is 2. The van der Waals surface area contributed by atoms with Gasteiger partial charge in [0.05, 0.1) is 29.0 Å². The highest BCUT2D eigenvalue weighted by atomic mass is 16.4. The van der Waals surface area contributed by atoms with Crippen LogP contribution in [0.1, 0.15) is 35.3 Å². The molecule has 1 aromatic heterocycles. The largest absolute Gasteiger partial charge is 0.478 e. The molecule has 1 atom stereocenters. The lowest BCUT2D eigenvalue weighted by atomic mass is 10.0. The molecule has 4 nitrogen and oxygen atoms in total. The zero-order valence-corrected chi connectivity index (χ0v) is 11.7. The summed E-state index contributed by atoms with van der Waals surface area (Å²) in [6.45, 7) is 2.09. The first-order chi connectivity index (χ1) is 10.2. The van der Waals surface area contributed by atoms with Gasteiger partial charge < -0.3 is 9.67 Å². The maximum Gasteiger partial charge on any atom is 0.337 e. The minimum absolute atomic E-state index is 0.0803. The molecule has 0 radical (unpaired) electrons. The lowest BCUT2D eigenvalue weighted by Crippen LogP contribution is -2.11. The van der Waals surface area contributed by atoms with Crippen LogP contribution in [0.15, 0.2) is 54.9 Å². The van der Waals surface area contributed by atoms with Crippen molar-refractivity contribution in [2.45, 2.75) is 19.4 Å². The Bertz CT molecular complexity index is 778. The van der Waals surface area contributed by atoms with Gasteiger partial charge in [-0.05, 0) is 24.1 Å². The predicted molar refractivity (Wildman–Crippen MR) is 81.6 cm³/mol. The third-order valence-electron chi connectivity index (χ3n) is 3.73. The quantitative estimate of drug-likeness (QED) is 0.792. The number of carboxylic acids is 1. The summed E-state index contributed by atoms with van der Waals surface area (Å²) in [4.78, 5) is 15.8. The molecule has 0 aliphatic heterocycles. The van der Waals surface area contributed by atoms with E-state index in [1.54, 1.807) is 18.5 Å². The molecule has 0 saturated carbocycles. The number of para-hydroxylation sites is 1. The van der Waals surface area contributed by atoms with E-state index in [-0.39, 0.29) is 6.04 Å². The molecule has 1 heterocycles. The molecule has 0 saturated heterocycles. The van der Waals surface area contributed by atoms with Gasteiger partial charge in [0.25, 0.3) is 0 Å². The Balaban J connectivity index is 2.22. The predicted octanol–water partition coefficient (Wildman–Crippen LogP) is 3.73. The summed E-state index contributed by atoms with van der Waals surface area (Å²) in [5.74, 6) is -0.926. The van der Waals surface area contributed by atoms with Crippen LogP contribution in [0, 0.1) is 0 Å². The summed E-state index contributed by atoms with van der Waals surface area (Å²) < 4.78 is 1.97. The molecule has 106 valence electrons. The highest BCUT2D eigenvalue weighted by Gasteiger charge is 2.18. The summed E-state index contributed by atoms with van der Waals surface area (Å²) in [5.41, 5.74) is 2.84. The third kappa shape index (κ3) is 2.29. The number of carbonyl (C=O) groups is 1. The van der Waals surface area contributed by atoms with E-state index >= 15 is 0 Å². The molecule has 3 rings (SSSR count). The van der Waals surface area contributed by atoms with Crippen LogP contribution in [0.4, 0.5) is 0 Å². The Morgan fingerprint density at radius 2 is 1.95 bits per heavy atom. The minimum Gasteiger partial charge on any atom is -0.478 e. The van der Waals surface area contributed by atoms with Gasteiger partial charge in [0.2, 0.25) is 0 Å². The monoisotopic (exact) mass is 280 g/mol. The van der Waals surface area contributed by atoms with Crippen LogP contribution in [-0.4, -0.2) is 20.6 Å². The minimum atomic E-state index is -0.926. The van der Waals surface area contributed by atoms with E-state index in [9.17, 15) is 9.90 Å². The Morgan fingerprint density at radius 1 is 1.19 bits per heavy atom. The average Bonchev–Trinajstić information content (AvgIpc) is 2.93. The molecule has 0 bridgehead atoms. The zero-order valence-electron chi connectivity index (χ0n) is 11.7. The normalized spacial score (nSPS) is 12.4. The van der Waals surface area contributed by atoms with Crippen molar-refractivity contribution in [2.24, 2.45) is 0 Å². The van der Waals surface area contributed by atoms with Crippen LogP contribution in [0.5, 0.6) is 0 Å². The first-order valence-electron chi connectivity index (χ1n) is 6.96. The maximum absolute atomic E-state index is 11.5. The fraction of sp³-hybridized carbons (Fsp3) is 0.176. The summed E-state index contributed by atoms with van der Waals surface area (Å²) in [5, 5.41) is 9.41. The topological polar surface area (TPSA) is 55.1 Å². The van der Waals surface area contributed by atoms with Crippen molar-refractivity contribution in [1.29, 1.82) is 0 Å². The molecule has 0 aliphatic rings. The standard InChI is InChI=1S/C17H16N2O2/c1-2-15(12-7-4-3-5-8-12)19-11-18-14-10-6-9-13(16(14)19)17(20)21/h3-11,15H,2H2,1H3,(H,20,21). The Kier molecular flexibility index (Phi) is 3.44. The van der Waals surface area contributed by atoms with Crippen molar-refractivity contribution in [3.63, 3.8) is 0 Å². The summed E-state index contributed by atoms with van der Waals surface area (Å²) in [6, 6.07) is 15.4. The second-order valence-electron chi connectivity index (χ2n) is 4.97. The number of fused-ring (bicyclic) bond motifs is 1. The van der Waals surface area contributed by atoms with Gasteiger partial charge >= 0.3 is 5.97 Å². The van der Waals surface area contributed by atoms with Crippen molar-refractivity contribution in [3.8, 4) is 0 Å². The van der Waals surface area contributed by atoms with Crippen LogP contribution >= 0.6 is 0 Å². The summed E-state index contributed by atoms with van der Waals surface area (Å²) in [6.07, 6.45) is 2.60. The fourth-order valence-corrected chi connectivity index (χ4v) is 2.77. The molecule has 0 amide bonds. The van der Waals surface area contributed by atoms with E-state index in [2.05, 4.69) is 24.0 Å². The van der Waals surface area contributed by atoms with Crippen molar-refractivity contribution < 1.29 is 9.90 Å². The zero-order chi connectivity index (χ0) is 14.8. The number of benzene rings is 2. The van der Waals surface area contributed by atoms with Crippen LogP contribution in [0.3, 0.4) is 0 Å². The maximum atomic E-state index is 11.5. The van der Waals surface area contributed by atoms with Crippen LogP contribution in [-0.2, 0) is 0 Å². The molecule has 4 heteroatoms. The molecule has 0 fully saturated rings. The van der Waals surface area contributed by atoms with Crippen molar-refractivity contribution in [1.82, 2.24) is 9.55 Å². The van der Waals surface area contributed by atoms with Gasteiger partial charge in [-0.15, -0.1) is 0 Å². The second-order valence-corrected chi connectivity index (χ2v) is 4.97. The van der Waals surface area contributed by atoms with Crippen LogP contribution in [0.2, 0.25) is 0 Å². The Morgan fingerprint density at radius 3 is 2.62 bits per heavy atom. The third-order valence-corrected chi connectivity index (χ3v) is 3.73. The van der Waals surface area contributed by atoms with Gasteiger partial charge in [-0.1, -0.05) is 43.3 Å². The van der Waals surface area contributed by atoms with Crippen LogP contribution in [0.25, 0.3) is 11.0 Å². The van der Waals surface area contributed by atoms with E-state index in [0.717, 1.165) is 12.0 Å². The van der Waals surface area contributed by atoms with E-state index in [1.165, 1.54) is 0 Å². The Hall–Kier alpha value is -2.62. The van der Waals surface area contributed by atoms with Gasteiger partial charge in [0, 0.05) is 0 Å². The number of rotatable bonds is 4. The van der Waals surface area contributed by atoms with Crippen molar-refractivity contribution in [3.05, 3.63) is 66.0 Å². The first-order valence-corrected chi connectivity index (χ1v) is 6.96. The highest BCUT2D eigenvalue weighted by molar-refractivity contribution is 6.01. The van der Waals surface area contributed by atoms with Gasteiger partial charge in [0.15, 0.2) is 0 Å². The smallest absolute Gasteiger partial charge is 0.337 e. The van der Waals surface area contributed by atoms with Gasteiger partial charge in [0.1, 0.15) is 0 Å². The molecule has 21 heavy (non-hydrogen) atoms. The average molecular weight is 280 g/mol. The van der Waals surface area contributed by atoms with Crippen molar-refractivity contribution in [2.75, 3.05) is 0 Å². The van der Waals surface area contributed by atoms with E-state index in [1.807, 2.05) is 28.8 Å². The number of aromatic carboxylic acids is 1. The van der Waals surface area contributed by atoms with E-state index < -0.39 is 5.97 Å². The molecule has 2 aromatic carbocycles. The van der Waals surface area contributed by atoms with Gasteiger partial charge in [-0.2, -0.15) is 0 Å². The molecular formula is C17H16N2O2. The molecule has 0 aliphatic carbocycles. The fourth-order valence-electron chi connectivity index (χ4n) is 2.77.